The predicted octanol–water partition coefficient (Wildman–Crippen LogP) is 3.93. The van der Waals surface area contributed by atoms with Crippen LogP contribution in [0.3, 0.4) is 0 Å². The zero-order valence-electron chi connectivity index (χ0n) is 11.3. The number of amides is 1. The smallest absolute Gasteiger partial charge is 0.254 e. The lowest BCUT2D eigenvalue weighted by atomic mass is 10.0. The number of rotatable bonds is 4. The summed E-state index contributed by atoms with van der Waals surface area (Å²) in [7, 11) is 1.82. The Balaban J connectivity index is 2.26. The molecule has 1 atom stereocenters. The third kappa shape index (κ3) is 3.27. The zero-order chi connectivity index (χ0) is 13.8. The van der Waals surface area contributed by atoms with Gasteiger partial charge < -0.3 is 4.90 Å². The molecule has 2 aromatic rings. The van der Waals surface area contributed by atoms with Crippen molar-refractivity contribution in [3.8, 4) is 0 Å². The Bertz CT molecular complexity index is 574. The average molecular weight is 276 g/mol. The van der Waals surface area contributed by atoms with E-state index in [9.17, 15) is 4.79 Å². The standard InChI is InChI=1S/C16H18ClNO/c1-12(17)10-11-18(2)16(19)15-9-5-7-13-6-3-4-8-14(13)15/h3-9,12H,10-11H2,1-2H3. The lowest BCUT2D eigenvalue weighted by Crippen LogP contribution is -2.28. The van der Waals surface area contributed by atoms with E-state index in [4.69, 9.17) is 11.6 Å². The van der Waals surface area contributed by atoms with Gasteiger partial charge in [0, 0.05) is 24.5 Å². The summed E-state index contributed by atoms with van der Waals surface area (Å²) >= 11 is 5.93. The van der Waals surface area contributed by atoms with Crippen molar-refractivity contribution in [3.05, 3.63) is 48.0 Å². The minimum Gasteiger partial charge on any atom is -0.342 e. The van der Waals surface area contributed by atoms with E-state index in [0.717, 1.165) is 22.8 Å². The van der Waals surface area contributed by atoms with Crippen LogP contribution < -0.4 is 0 Å². The number of hydrogen-bond donors (Lipinski definition) is 0. The number of benzene rings is 2. The molecule has 0 aliphatic heterocycles. The number of carbonyl (C=O) groups is 1. The van der Waals surface area contributed by atoms with E-state index in [-0.39, 0.29) is 11.3 Å². The summed E-state index contributed by atoms with van der Waals surface area (Å²) in [5.74, 6) is 0.0501. The number of carbonyl (C=O) groups excluding carboxylic acids is 1. The third-order valence-electron chi connectivity index (χ3n) is 3.23. The van der Waals surface area contributed by atoms with Gasteiger partial charge in [0.2, 0.25) is 0 Å². The van der Waals surface area contributed by atoms with E-state index in [1.807, 2.05) is 56.4 Å². The van der Waals surface area contributed by atoms with Gasteiger partial charge >= 0.3 is 0 Å². The van der Waals surface area contributed by atoms with Crippen LogP contribution in [0.1, 0.15) is 23.7 Å². The van der Waals surface area contributed by atoms with Gasteiger partial charge in [0.1, 0.15) is 0 Å². The molecule has 19 heavy (non-hydrogen) atoms. The highest BCUT2D eigenvalue weighted by atomic mass is 35.5. The fourth-order valence-corrected chi connectivity index (χ4v) is 2.19. The minimum absolute atomic E-state index is 0.0501. The van der Waals surface area contributed by atoms with Crippen LogP contribution >= 0.6 is 11.6 Å². The molecule has 3 heteroatoms. The molecule has 0 spiro atoms. The first kappa shape index (κ1) is 13.9. The van der Waals surface area contributed by atoms with Gasteiger partial charge in [-0.15, -0.1) is 11.6 Å². The summed E-state index contributed by atoms with van der Waals surface area (Å²) in [5.41, 5.74) is 0.753. The van der Waals surface area contributed by atoms with E-state index in [2.05, 4.69) is 0 Å². The summed E-state index contributed by atoms with van der Waals surface area (Å²) in [6, 6.07) is 13.8. The second kappa shape index (κ2) is 6.07. The normalized spacial score (nSPS) is 12.4. The summed E-state index contributed by atoms with van der Waals surface area (Å²) in [4.78, 5) is 14.2. The molecule has 0 saturated carbocycles. The maximum atomic E-state index is 12.5. The Morgan fingerprint density at radius 1 is 1.21 bits per heavy atom. The van der Waals surface area contributed by atoms with Crippen LogP contribution in [0.25, 0.3) is 10.8 Å². The predicted molar refractivity (Wildman–Crippen MR) is 80.8 cm³/mol. The van der Waals surface area contributed by atoms with Crippen molar-refractivity contribution >= 4 is 28.3 Å². The number of halogens is 1. The molecule has 0 fully saturated rings. The van der Waals surface area contributed by atoms with Crippen molar-refractivity contribution in [2.45, 2.75) is 18.7 Å². The molecule has 0 bridgehead atoms. The van der Waals surface area contributed by atoms with Crippen LogP contribution in [0.5, 0.6) is 0 Å². The van der Waals surface area contributed by atoms with Crippen LogP contribution in [0.2, 0.25) is 0 Å². The molecule has 2 rings (SSSR count). The molecule has 0 saturated heterocycles. The quantitative estimate of drug-likeness (QED) is 0.774. The van der Waals surface area contributed by atoms with Gasteiger partial charge in [0.25, 0.3) is 5.91 Å². The fourth-order valence-electron chi connectivity index (χ4n) is 2.09. The Labute approximate surface area is 119 Å². The molecule has 0 aliphatic carbocycles. The largest absolute Gasteiger partial charge is 0.342 e. The van der Waals surface area contributed by atoms with Crippen LogP contribution in [0.15, 0.2) is 42.5 Å². The van der Waals surface area contributed by atoms with Gasteiger partial charge in [-0.2, -0.15) is 0 Å². The van der Waals surface area contributed by atoms with Crippen molar-refractivity contribution in [1.29, 1.82) is 0 Å². The van der Waals surface area contributed by atoms with Crippen molar-refractivity contribution in [3.63, 3.8) is 0 Å². The first-order chi connectivity index (χ1) is 9.09. The first-order valence-electron chi connectivity index (χ1n) is 6.47. The maximum Gasteiger partial charge on any atom is 0.254 e. The second-order valence-electron chi connectivity index (χ2n) is 4.82. The van der Waals surface area contributed by atoms with Crippen LogP contribution in [-0.4, -0.2) is 29.8 Å². The summed E-state index contributed by atoms with van der Waals surface area (Å²) in [5, 5.41) is 2.18. The third-order valence-corrected chi connectivity index (χ3v) is 3.45. The van der Waals surface area contributed by atoms with Crippen LogP contribution in [0.4, 0.5) is 0 Å². The van der Waals surface area contributed by atoms with Gasteiger partial charge in [-0.05, 0) is 30.2 Å². The summed E-state index contributed by atoms with van der Waals surface area (Å²) < 4.78 is 0. The van der Waals surface area contributed by atoms with E-state index < -0.39 is 0 Å². The van der Waals surface area contributed by atoms with Gasteiger partial charge in [-0.1, -0.05) is 36.4 Å². The topological polar surface area (TPSA) is 20.3 Å². The molecular weight excluding hydrogens is 258 g/mol. The Morgan fingerprint density at radius 2 is 1.89 bits per heavy atom. The van der Waals surface area contributed by atoms with E-state index >= 15 is 0 Å². The van der Waals surface area contributed by atoms with E-state index in [1.54, 1.807) is 4.90 Å². The zero-order valence-corrected chi connectivity index (χ0v) is 12.0. The molecule has 0 aromatic heterocycles. The first-order valence-corrected chi connectivity index (χ1v) is 6.90. The highest BCUT2D eigenvalue weighted by Crippen LogP contribution is 2.19. The molecule has 0 N–H and O–H groups in total. The molecule has 0 heterocycles. The second-order valence-corrected chi connectivity index (χ2v) is 5.57. The SMILES string of the molecule is CC(Cl)CCN(C)C(=O)c1cccc2ccccc12. The van der Waals surface area contributed by atoms with Gasteiger partial charge in [0.05, 0.1) is 0 Å². The average Bonchev–Trinajstić information content (AvgIpc) is 2.43. The van der Waals surface area contributed by atoms with Crippen LogP contribution in [-0.2, 0) is 0 Å². The van der Waals surface area contributed by atoms with Crippen molar-refractivity contribution in [1.82, 2.24) is 4.90 Å². The maximum absolute atomic E-state index is 12.5. The molecule has 0 radical (unpaired) electrons. The van der Waals surface area contributed by atoms with E-state index in [1.165, 1.54) is 0 Å². The Kier molecular flexibility index (Phi) is 4.43. The summed E-state index contributed by atoms with van der Waals surface area (Å²) in [6.45, 7) is 2.62. The molecule has 2 nitrogen and oxygen atoms in total. The highest BCUT2D eigenvalue weighted by Gasteiger charge is 2.14. The van der Waals surface area contributed by atoms with Crippen LogP contribution in [0, 0.1) is 0 Å². The highest BCUT2D eigenvalue weighted by molar-refractivity contribution is 6.20. The molecule has 100 valence electrons. The number of fused-ring (bicyclic) bond motifs is 1. The van der Waals surface area contributed by atoms with Crippen molar-refractivity contribution in [2.24, 2.45) is 0 Å². The molecule has 1 amide bonds. The van der Waals surface area contributed by atoms with Gasteiger partial charge in [0.15, 0.2) is 0 Å². The molecule has 1 unspecified atom stereocenters. The lowest BCUT2D eigenvalue weighted by Gasteiger charge is -2.18. The number of nitrogens with zero attached hydrogens (tertiary/aromatic N) is 1. The monoisotopic (exact) mass is 275 g/mol. The van der Waals surface area contributed by atoms with E-state index in [0.29, 0.717) is 6.54 Å². The van der Waals surface area contributed by atoms with Gasteiger partial charge in [-0.3, -0.25) is 4.79 Å². The number of hydrogen-bond acceptors (Lipinski definition) is 1. The molecule has 0 aliphatic rings. The number of alkyl halides is 1. The van der Waals surface area contributed by atoms with Gasteiger partial charge in [-0.25, -0.2) is 0 Å². The summed E-state index contributed by atoms with van der Waals surface area (Å²) in [6.07, 6.45) is 0.800. The molecular formula is C16H18ClNO. The lowest BCUT2D eigenvalue weighted by molar-refractivity contribution is 0.0795. The Morgan fingerprint density at radius 3 is 2.63 bits per heavy atom. The fraction of sp³-hybridized carbons (Fsp3) is 0.312. The van der Waals surface area contributed by atoms with Crippen molar-refractivity contribution in [2.75, 3.05) is 13.6 Å². The Hall–Kier alpha value is -1.54. The minimum atomic E-state index is 0.0501. The molecule has 2 aromatic carbocycles. The van der Waals surface area contributed by atoms with Crippen molar-refractivity contribution < 1.29 is 4.79 Å².